The maximum absolute atomic E-state index is 12.0. The van der Waals surface area contributed by atoms with Crippen LogP contribution < -0.4 is 10.1 Å². The zero-order chi connectivity index (χ0) is 17.7. The topological polar surface area (TPSA) is 98.5 Å². The minimum Gasteiger partial charge on any atom is -0.477 e. The molecule has 0 heterocycles. The maximum Gasteiger partial charge on any atom is 0.311 e. The second-order valence-corrected chi connectivity index (χ2v) is 5.17. The number of para-hydroxylation sites is 1. The summed E-state index contributed by atoms with van der Waals surface area (Å²) in [4.78, 5) is 34.0. The number of nitrogens with one attached hydrogen (secondary N) is 1. The van der Waals surface area contributed by atoms with Gasteiger partial charge in [0.2, 0.25) is 0 Å². The Morgan fingerprint density at radius 1 is 1.21 bits per heavy atom. The van der Waals surface area contributed by atoms with Crippen LogP contribution >= 0.6 is 0 Å². The smallest absolute Gasteiger partial charge is 0.311 e. The predicted octanol–water partition coefficient (Wildman–Crippen LogP) is 3.12. The molecule has 0 aromatic heterocycles. The van der Waals surface area contributed by atoms with Crippen molar-refractivity contribution in [3.8, 4) is 5.75 Å². The first-order valence-electron chi connectivity index (χ1n) is 7.16. The fourth-order valence-electron chi connectivity index (χ4n) is 2.12. The Morgan fingerprint density at radius 3 is 2.58 bits per heavy atom. The molecule has 2 rings (SSSR count). The fraction of sp³-hybridized carbons (Fsp3) is 0.176. The number of aryl methyl sites for hydroxylation is 1. The zero-order valence-corrected chi connectivity index (χ0v) is 13.2. The van der Waals surface area contributed by atoms with Crippen molar-refractivity contribution in [2.45, 2.75) is 13.8 Å². The molecule has 0 bridgehead atoms. The molecule has 2 aromatic rings. The van der Waals surface area contributed by atoms with Gasteiger partial charge in [0.05, 0.1) is 10.6 Å². The molecule has 7 nitrogen and oxygen atoms in total. The summed E-state index contributed by atoms with van der Waals surface area (Å²) in [6.07, 6.45) is 0. The average Bonchev–Trinajstić information content (AvgIpc) is 2.53. The number of benzene rings is 2. The van der Waals surface area contributed by atoms with Gasteiger partial charge in [0, 0.05) is 11.6 Å². The first kappa shape index (κ1) is 17.1. The van der Waals surface area contributed by atoms with E-state index in [0.717, 1.165) is 0 Å². The van der Waals surface area contributed by atoms with E-state index in [9.17, 15) is 19.7 Å². The van der Waals surface area contributed by atoms with Crippen molar-refractivity contribution in [2.24, 2.45) is 0 Å². The molecule has 0 aliphatic carbocycles. The number of carbonyl (C=O) groups is 2. The van der Waals surface area contributed by atoms with Gasteiger partial charge < -0.3 is 10.1 Å². The molecule has 0 fully saturated rings. The quantitative estimate of drug-likeness (QED) is 0.499. The number of amides is 1. The molecule has 2 aromatic carbocycles. The predicted molar refractivity (Wildman–Crippen MR) is 88.4 cm³/mol. The van der Waals surface area contributed by atoms with Crippen LogP contribution in [0.5, 0.6) is 5.75 Å². The number of hydrogen-bond donors (Lipinski definition) is 1. The van der Waals surface area contributed by atoms with Crippen LogP contribution in [0.1, 0.15) is 22.8 Å². The summed E-state index contributed by atoms with van der Waals surface area (Å²) in [7, 11) is 0. The number of nitro benzene ring substituents is 1. The molecule has 1 N–H and O–H groups in total. The normalized spacial score (nSPS) is 10.1. The van der Waals surface area contributed by atoms with Crippen LogP contribution in [-0.4, -0.2) is 23.2 Å². The van der Waals surface area contributed by atoms with Crippen LogP contribution in [0.4, 0.5) is 11.4 Å². The monoisotopic (exact) mass is 328 g/mol. The van der Waals surface area contributed by atoms with Crippen molar-refractivity contribution in [1.82, 2.24) is 0 Å². The highest BCUT2D eigenvalue weighted by Crippen LogP contribution is 2.27. The van der Waals surface area contributed by atoms with Gasteiger partial charge in [0.15, 0.2) is 18.1 Å². The molecule has 0 spiro atoms. The minimum atomic E-state index is -0.564. The van der Waals surface area contributed by atoms with Gasteiger partial charge in [-0.25, -0.2) is 0 Å². The summed E-state index contributed by atoms with van der Waals surface area (Å²) in [5, 5.41) is 13.6. The zero-order valence-electron chi connectivity index (χ0n) is 13.2. The summed E-state index contributed by atoms with van der Waals surface area (Å²) in [6, 6.07) is 11.1. The number of nitrogens with zero attached hydrogens (tertiary/aromatic N) is 1. The second-order valence-electron chi connectivity index (χ2n) is 5.17. The molecule has 0 saturated carbocycles. The molecule has 1 amide bonds. The molecule has 0 aliphatic rings. The Labute approximate surface area is 138 Å². The SMILES string of the molecule is CC(=O)c1ccccc1NC(=O)COc1ccc(C)cc1[N+](=O)[O-]. The Hall–Kier alpha value is -3.22. The Bertz CT molecular complexity index is 801. The van der Waals surface area contributed by atoms with Gasteiger partial charge in [-0.3, -0.25) is 19.7 Å². The van der Waals surface area contributed by atoms with Crippen molar-refractivity contribution >= 4 is 23.1 Å². The fourth-order valence-corrected chi connectivity index (χ4v) is 2.12. The van der Waals surface area contributed by atoms with Crippen molar-refractivity contribution in [2.75, 3.05) is 11.9 Å². The highest BCUT2D eigenvalue weighted by Gasteiger charge is 2.17. The largest absolute Gasteiger partial charge is 0.477 e. The molecule has 0 unspecified atom stereocenters. The summed E-state index contributed by atoms with van der Waals surface area (Å²) in [5.41, 5.74) is 1.27. The number of anilines is 1. The molecule has 0 aliphatic heterocycles. The first-order valence-corrected chi connectivity index (χ1v) is 7.16. The van der Waals surface area contributed by atoms with Crippen molar-refractivity contribution in [1.29, 1.82) is 0 Å². The van der Waals surface area contributed by atoms with Gasteiger partial charge in [-0.1, -0.05) is 18.2 Å². The number of ketones is 1. The van der Waals surface area contributed by atoms with Crippen molar-refractivity contribution < 1.29 is 19.2 Å². The lowest BCUT2D eigenvalue weighted by atomic mass is 10.1. The third-order valence-electron chi connectivity index (χ3n) is 3.25. The summed E-state index contributed by atoms with van der Waals surface area (Å²) in [6.45, 7) is 2.72. The van der Waals surface area contributed by atoms with Crippen LogP contribution in [0.3, 0.4) is 0 Å². The molecular formula is C17H16N2O5. The Balaban J connectivity index is 2.07. The Morgan fingerprint density at radius 2 is 1.92 bits per heavy atom. The Kier molecular flexibility index (Phi) is 5.26. The highest BCUT2D eigenvalue weighted by atomic mass is 16.6. The molecule has 24 heavy (non-hydrogen) atoms. The number of nitro groups is 1. The van der Waals surface area contributed by atoms with E-state index < -0.39 is 17.4 Å². The average molecular weight is 328 g/mol. The molecular weight excluding hydrogens is 312 g/mol. The van der Waals surface area contributed by atoms with Gasteiger partial charge in [0.25, 0.3) is 5.91 Å². The van der Waals surface area contributed by atoms with E-state index in [1.807, 2.05) is 0 Å². The van der Waals surface area contributed by atoms with E-state index in [1.165, 1.54) is 19.1 Å². The van der Waals surface area contributed by atoms with Crippen molar-refractivity contribution in [3.63, 3.8) is 0 Å². The molecule has 0 saturated heterocycles. The van der Waals surface area contributed by atoms with Crippen LogP contribution in [-0.2, 0) is 4.79 Å². The summed E-state index contributed by atoms with van der Waals surface area (Å²) < 4.78 is 5.25. The minimum absolute atomic E-state index is 0.0144. The second kappa shape index (κ2) is 7.36. The molecule has 124 valence electrons. The van der Waals surface area contributed by atoms with E-state index in [4.69, 9.17) is 4.74 Å². The third kappa shape index (κ3) is 4.16. The summed E-state index contributed by atoms with van der Waals surface area (Å²) >= 11 is 0. The third-order valence-corrected chi connectivity index (χ3v) is 3.25. The van der Waals surface area contributed by atoms with Gasteiger partial charge in [0.1, 0.15) is 0 Å². The van der Waals surface area contributed by atoms with E-state index in [-0.39, 0.29) is 17.2 Å². The lowest BCUT2D eigenvalue weighted by Crippen LogP contribution is -2.21. The standard InChI is InChI=1S/C17H16N2O5/c1-11-7-8-16(15(9-11)19(22)23)24-10-17(21)18-14-6-4-3-5-13(14)12(2)20/h3-9H,10H2,1-2H3,(H,18,21). The molecule has 0 radical (unpaired) electrons. The first-order chi connectivity index (χ1) is 11.4. The number of rotatable bonds is 6. The van der Waals surface area contributed by atoms with E-state index >= 15 is 0 Å². The van der Waals surface area contributed by atoms with Gasteiger partial charge in [-0.15, -0.1) is 0 Å². The maximum atomic E-state index is 12.0. The van der Waals surface area contributed by atoms with Crippen LogP contribution in [0.2, 0.25) is 0 Å². The van der Waals surface area contributed by atoms with Crippen LogP contribution in [0, 0.1) is 17.0 Å². The van der Waals surface area contributed by atoms with E-state index in [0.29, 0.717) is 16.8 Å². The lowest BCUT2D eigenvalue weighted by molar-refractivity contribution is -0.385. The van der Waals surface area contributed by atoms with E-state index in [2.05, 4.69) is 5.32 Å². The van der Waals surface area contributed by atoms with E-state index in [1.54, 1.807) is 37.3 Å². The number of hydrogen-bond acceptors (Lipinski definition) is 5. The summed E-state index contributed by atoms with van der Waals surface area (Å²) in [5.74, 6) is -0.680. The lowest BCUT2D eigenvalue weighted by Gasteiger charge is -2.10. The highest BCUT2D eigenvalue weighted by molar-refractivity contribution is 6.03. The number of ether oxygens (including phenoxy) is 1. The molecule has 0 atom stereocenters. The number of Topliss-reactive ketones (excluding diaryl/α,β-unsaturated/α-hetero) is 1. The van der Waals surface area contributed by atoms with Gasteiger partial charge in [-0.05, 0) is 37.6 Å². The number of carbonyl (C=O) groups excluding carboxylic acids is 2. The van der Waals surface area contributed by atoms with Gasteiger partial charge >= 0.3 is 5.69 Å². The van der Waals surface area contributed by atoms with Gasteiger partial charge in [-0.2, -0.15) is 0 Å². The van der Waals surface area contributed by atoms with Crippen molar-refractivity contribution in [3.05, 3.63) is 63.7 Å². The van der Waals surface area contributed by atoms with Crippen LogP contribution in [0.15, 0.2) is 42.5 Å². The molecule has 7 heteroatoms. The van der Waals surface area contributed by atoms with Crippen LogP contribution in [0.25, 0.3) is 0 Å².